The molecular weight excluding hydrogens is 1120 g/mol. The number of urea groups is 1. The number of nitrogens with zero attached hydrogens (tertiary/aromatic N) is 8. The third kappa shape index (κ3) is 22.8. The molecule has 2 aliphatic rings. The number of hydrogen-bond donors (Lipinski definition) is 3. The molecule has 22 heteroatoms. The third-order valence-corrected chi connectivity index (χ3v) is 15.7. The molecule has 2 fully saturated rings. The van der Waals surface area contributed by atoms with Gasteiger partial charge in [-0.25, -0.2) is 14.5 Å². The maximum Gasteiger partial charge on any atom is 0.325 e. The summed E-state index contributed by atoms with van der Waals surface area (Å²) in [6.07, 6.45) is 7.66. The van der Waals surface area contributed by atoms with Crippen LogP contribution in [-0.2, 0) is 60.9 Å². The Kier molecular flexibility index (Phi) is 25.8. The number of hydrogen-bond acceptors (Lipinski definition) is 15. The van der Waals surface area contributed by atoms with Crippen molar-refractivity contribution in [3.63, 3.8) is 0 Å². The van der Waals surface area contributed by atoms with Crippen LogP contribution in [-0.4, -0.2) is 176 Å². The highest BCUT2D eigenvalue weighted by molar-refractivity contribution is 7.14. The fourth-order valence-corrected chi connectivity index (χ4v) is 10.2. The van der Waals surface area contributed by atoms with E-state index in [-0.39, 0.29) is 24.1 Å². The summed E-state index contributed by atoms with van der Waals surface area (Å²) in [5.74, 6) is 1.68. The number of anilines is 2. The molecule has 3 N–H and O–H groups in total. The number of aromatic nitrogens is 4. The average molecular weight is 1200 g/mol. The molecule has 1 aliphatic carbocycles. The van der Waals surface area contributed by atoms with Gasteiger partial charge >= 0.3 is 6.03 Å². The van der Waals surface area contributed by atoms with Gasteiger partial charge in [0.15, 0.2) is 5.13 Å². The maximum absolute atomic E-state index is 14.1. The highest BCUT2D eigenvalue weighted by atomic mass is 35.5. The summed E-state index contributed by atoms with van der Waals surface area (Å²) in [6, 6.07) is 29.2. The topological polar surface area (TPSA) is 207 Å². The quantitative estimate of drug-likeness (QED) is 0.0316. The molecule has 1 unspecified atom stereocenters. The van der Waals surface area contributed by atoms with Gasteiger partial charge in [-0.1, -0.05) is 70.9 Å². The zero-order valence-corrected chi connectivity index (χ0v) is 50.8. The van der Waals surface area contributed by atoms with Crippen molar-refractivity contribution in [1.82, 2.24) is 44.9 Å². The first-order chi connectivity index (χ1) is 41.4. The molecule has 1 atom stereocenters. The number of thiazole rings is 1. The van der Waals surface area contributed by atoms with Crippen LogP contribution in [0.2, 0.25) is 5.02 Å². The summed E-state index contributed by atoms with van der Waals surface area (Å²) in [5, 5.41) is 20.0. The van der Waals surface area contributed by atoms with Gasteiger partial charge < -0.3 is 53.9 Å². The molecule has 1 saturated heterocycles. The van der Waals surface area contributed by atoms with Crippen LogP contribution in [0.1, 0.15) is 71.8 Å². The zero-order chi connectivity index (χ0) is 59.6. The number of aryl methyl sites for hydroxylation is 2. The van der Waals surface area contributed by atoms with Crippen molar-refractivity contribution in [1.29, 1.82) is 0 Å². The number of benzene rings is 4. The molecule has 3 heterocycles. The lowest BCUT2D eigenvalue weighted by molar-refractivity contribution is -0.141. The number of likely N-dealkylation sites (N-methyl/N-ethyl adjacent to an activating group) is 2. The van der Waals surface area contributed by atoms with Crippen LogP contribution in [0.25, 0.3) is 0 Å². The van der Waals surface area contributed by atoms with Gasteiger partial charge in [0, 0.05) is 80.9 Å². The van der Waals surface area contributed by atoms with Crippen molar-refractivity contribution in [2.45, 2.75) is 77.4 Å². The predicted molar refractivity (Wildman–Crippen MR) is 329 cm³/mol. The lowest BCUT2D eigenvalue weighted by atomic mass is 10.0. The highest BCUT2D eigenvalue weighted by Gasteiger charge is 2.35. The van der Waals surface area contributed by atoms with Gasteiger partial charge in [-0.05, 0) is 131 Å². The van der Waals surface area contributed by atoms with Gasteiger partial charge in [0.05, 0.1) is 70.6 Å². The Labute approximate surface area is 508 Å². The van der Waals surface area contributed by atoms with Crippen LogP contribution in [0, 0.1) is 12.8 Å². The summed E-state index contributed by atoms with van der Waals surface area (Å²) in [5.41, 5.74) is 5.96. The Balaban J connectivity index is 0.605. The molecule has 2 aromatic heterocycles. The number of carbonyl (C=O) groups excluding carboxylic acids is 4. The monoisotopic (exact) mass is 1200 g/mol. The molecule has 4 aromatic carbocycles. The normalized spacial score (nSPS) is 13.8. The lowest BCUT2D eigenvalue weighted by Gasteiger charge is -2.32. The van der Waals surface area contributed by atoms with E-state index in [4.69, 9.17) is 35.3 Å². The lowest BCUT2D eigenvalue weighted by Crippen LogP contribution is -2.47. The molecule has 1 aliphatic heterocycles. The van der Waals surface area contributed by atoms with Gasteiger partial charge in [0.25, 0.3) is 0 Å². The van der Waals surface area contributed by atoms with Crippen molar-refractivity contribution in [3.05, 3.63) is 147 Å². The van der Waals surface area contributed by atoms with Crippen LogP contribution in [0.3, 0.4) is 0 Å². The maximum atomic E-state index is 14.1. The molecule has 1 saturated carbocycles. The van der Waals surface area contributed by atoms with Gasteiger partial charge in [-0.2, -0.15) is 0 Å². The van der Waals surface area contributed by atoms with E-state index in [9.17, 15) is 19.2 Å². The average Bonchev–Trinajstić information content (AvgIpc) is 4.28. The smallest absolute Gasteiger partial charge is 0.325 e. The molecule has 0 bridgehead atoms. The second-order valence-electron chi connectivity index (χ2n) is 21.7. The minimum atomic E-state index is -0.726. The van der Waals surface area contributed by atoms with E-state index in [1.54, 1.807) is 39.2 Å². The molecule has 0 radical (unpaired) electrons. The van der Waals surface area contributed by atoms with E-state index in [0.717, 1.165) is 85.6 Å². The second kappa shape index (κ2) is 34.2. The second-order valence-corrected chi connectivity index (χ2v) is 23.0. The van der Waals surface area contributed by atoms with Crippen molar-refractivity contribution in [3.8, 4) is 11.5 Å². The predicted octanol–water partition coefficient (Wildman–Crippen LogP) is 8.35. The largest absolute Gasteiger partial charge is 0.494 e. The molecule has 5 amide bonds. The van der Waals surface area contributed by atoms with Crippen LogP contribution in [0.5, 0.6) is 11.5 Å². The summed E-state index contributed by atoms with van der Waals surface area (Å²) < 4.78 is 31.0. The van der Waals surface area contributed by atoms with Crippen molar-refractivity contribution in [2.24, 2.45) is 5.92 Å². The van der Waals surface area contributed by atoms with E-state index in [0.29, 0.717) is 138 Å². The summed E-state index contributed by atoms with van der Waals surface area (Å²) in [4.78, 5) is 65.8. The first kappa shape index (κ1) is 64.0. The van der Waals surface area contributed by atoms with Crippen molar-refractivity contribution in [2.75, 3.05) is 123 Å². The van der Waals surface area contributed by atoms with Gasteiger partial charge in [-0.3, -0.25) is 19.7 Å². The first-order valence-corrected chi connectivity index (χ1v) is 30.8. The Morgan fingerprint density at radius 1 is 0.729 bits per heavy atom. The molecule has 6 aromatic rings. The van der Waals surface area contributed by atoms with Crippen LogP contribution >= 0.6 is 22.9 Å². The minimum absolute atomic E-state index is 0.0316. The van der Waals surface area contributed by atoms with E-state index in [1.807, 2.05) is 97.9 Å². The first-order valence-electron chi connectivity index (χ1n) is 29.5. The number of unbranched alkanes of at least 4 members (excludes halogenated alkanes) is 1. The summed E-state index contributed by atoms with van der Waals surface area (Å²) >= 11 is 7.37. The Bertz CT molecular complexity index is 2970. The Morgan fingerprint density at radius 3 is 2.15 bits per heavy atom. The summed E-state index contributed by atoms with van der Waals surface area (Å²) in [6.45, 7) is 12.4. The number of ether oxygens (including phenoxy) is 5. The zero-order valence-electron chi connectivity index (χ0n) is 49.3. The van der Waals surface area contributed by atoms with E-state index >= 15 is 0 Å². The van der Waals surface area contributed by atoms with Crippen molar-refractivity contribution >= 4 is 57.5 Å². The highest BCUT2D eigenvalue weighted by Crippen LogP contribution is 2.34. The van der Waals surface area contributed by atoms with E-state index < -0.39 is 12.1 Å². The van der Waals surface area contributed by atoms with E-state index in [1.165, 1.54) is 11.3 Å². The fraction of sp³-hybridized carbons (Fsp3) is 0.476. The van der Waals surface area contributed by atoms with Gasteiger partial charge in [-0.15, -0.1) is 16.4 Å². The van der Waals surface area contributed by atoms with Crippen molar-refractivity contribution < 1.29 is 42.9 Å². The SMILES string of the molecule is Cc1ccc(C(C(=O)NCc2ccc(Cl)cc2)N(CC2CC2)C(=O)CCc2ccc(OCCCCN(C)CCOCCOCCc3cn(CCOCCOc4ccc(NC(=O)Nc5nc(CC(=O)N6CCN(C)CC6)cs5)cc4)nn3)cc2)cc1. The molecule has 456 valence electrons. The molecular formula is C63H82ClN11O9S. The standard InChI is InChI=1S/C63H82ClN11O9S/c1-47-6-15-51(16-7-47)60(61(78)65-43-49-10-17-52(64)18-11-49)75(44-50-8-9-50)58(76)25-14-48-12-21-56(22-13-48)83-34-5-4-27-71(2)32-36-81-39-38-80-35-26-54-45-74(70-69-54)33-37-82-40-41-84-57-23-19-53(20-24-57)66-62(79)68-63-67-55(46-85-63)42-59(77)73-30-28-72(3)29-31-73/h6-7,10-13,15-24,45-46,50,60H,4-5,8-9,14,25-44H2,1-3H3,(H,65,78)(H2,66,67,68,79). The van der Waals surface area contributed by atoms with Crippen LogP contribution < -0.4 is 25.4 Å². The summed E-state index contributed by atoms with van der Waals surface area (Å²) in [7, 11) is 4.15. The number of halogens is 1. The molecule has 20 nitrogen and oxygen atoms in total. The Morgan fingerprint density at radius 2 is 1.41 bits per heavy atom. The fourth-order valence-electron chi connectivity index (χ4n) is 9.39. The number of nitrogens with one attached hydrogen (secondary N) is 3. The molecule has 85 heavy (non-hydrogen) atoms. The number of carbonyl (C=O) groups is 4. The van der Waals surface area contributed by atoms with Gasteiger partial charge in [0.2, 0.25) is 17.7 Å². The molecule has 8 rings (SSSR count). The van der Waals surface area contributed by atoms with Crippen LogP contribution in [0.15, 0.2) is 109 Å². The Hall–Kier alpha value is -6.98. The number of piperazine rings is 1. The van der Waals surface area contributed by atoms with Gasteiger partial charge in [0.1, 0.15) is 24.1 Å². The van der Waals surface area contributed by atoms with Crippen LogP contribution in [0.4, 0.5) is 15.6 Å². The van der Waals surface area contributed by atoms with E-state index in [2.05, 4.69) is 48.1 Å². The minimum Gasteiger partial charge on any atom is -0.494 e. The number of amides is 5. The third-order valence-electron chi connectivity index (χ3n) is 14.7. The molecule has 0 spiro atoms. The number of rotatable bonds is 36.